The number of piperidine rings is 1. The Morgan fingerprint density at radius 1 is 0.953 bits per heavy atom. The van der Waals surface area contributed by atoms with Crippen molar-refractivity contribution >= 4 is 40.8 Å². The number of fused-ring (bicyclic) bond motifs is 1. The Labute approximate surface area is 259 Å². The molecule has 4 heterocycles. The fourth-order valence-corrected chi connectivity index (χ4v) is 7.42. The number of aryl methyl sites for hydroxylation is 2. The Bertz CT molecular complexity index is 1400. The molecule has 3 aliphatic rings. The Hall–Kier alpha value is -3.17. The number of ketones is 1. The van der Waals surface area contributed by atoms with Crippen LogP contribution < -0.4 is 4.90 Å². The van der Waals surface area contributed by atoms with Gasteiger partial charge < -0.3 is 24.6 Å². The number of aromatic nitrogens is 1. The van der Waals surface area contributed by atoms with Crippen LogP contribution in [0.1, 0.15) is 70.8 Å². The van der Waals surface area contributed by atoms with Gasteiger partial charge in [-0.15, -0.1) is 0 Å². The molecule has 3 fully saturated rings. The van der Waals surface area contributed by atoms with E-state index in [1.165, 1.54) is 6.92 Å². The average molecular weight is 610 g/mol. The van der Waals surface area contributed by atoms with Crippen molar-refractivity contribution in [3.8, 4) is 0 Å². The van der Waals surface area contributed by atoms with E-state index < -0.39 is 0 Å². The third-order valence-electron chi connectivity index (χ3n) is 9.73. The largest absolute Gasteiger partial charge is 0.355 e. The van der Waals surface area contributed by atoms with Crippen molar-refractivity contribution in [3.63, 3.8) is 0 Å². The lowest BCUT2D eigenvalue weighted by Crippen LogP contribution is -2.44. The Morgan fingerprint density at radius 2 is 1.60 bits per heavy atom. The van der Waals surface area contributed by atoms with Crippen LogP contribution in [0.4, 0.5) is 5.69 Å². The van der Waals surface area contributed by atoms with Gasteiger partial charge in [-0.2, -0.15) is 0 Å². The van der Waals surface area contributed by atoms with Crippen molar-refractivity contribution < 1.29 is 19.2 Å². The number of anilines is 1. The standard InChI is InChI=1S/C33H44ClN5O4/c1-20-7-8-28(15-29(20)34)39(32(42)25-9-13-37(14-10-25)24(5)41)12-6-11-36-16-26-18-38(19-27(26)17-36)33(43)30-21(2)31(23(4)40)35-22(30)3/h7-8,15,25-27,35H,6,9-14,16-19H2,1-5H3. The second-order valence-electron chi connectivity index (χ2n) is 12.7. The summed E-state index contributed by atoms with van der Waals surface area (Å²) >= 11 is 6.46. The highest BCUT2D eigenvalue weighted by molar-refractivity contribution is 6.31. The molecule has 0 spiro atoms. The van der Waals surface area contributed by atoms with Crippen molar-refractivity contribution in [1.29, 1.82) is 0 Å². The minimum absolute atomic E-state index is 0.0137. The van der Waals surface area contributed by atoms with Crippen LogP contribution in [0.2, 0.25) is 5.02 Å². The lowest BCUT2D eigenvalue weighted by atomic mass is 9.94. The topological polar surface area (TPSA) is 97.0 Å². The predicted molar refractivity (Wildman–Crippen MR) is 168 cm³/mol. The van der Waals surface area contributed by atoms with Crippen LogP contribution in [0.25, 0.3) is 0 Å². The molecule has 0 aliphatic carbocycles. The van der Waals surface area contributed by atoms with Gasteiger partial charge in [0.1, 0.15) is 0 Å². The summed E-state index contributed by atoms with van der Waals surface area (Å²) in [6.07, 6.45) is 2.19. The summed E-state index contributed by atoms with van der Waals surface area (Å²) in [7, 11) is 0. The number of hydrogen-bond acceptors (Lipinski definition) is 5. The van der Waals surface area contributed by atoms with Crippen molar-refractivity contribution in [1.82, 2.24) is 19.7 Å². The maximum Gasteiger partial charge on any atom is 0.255 e. The fraction of sp³-hybridized carbons (Fsp3) is 0.576. The molecule has 1 aromatic heterocycles. The lowest BCUT2D eigenvalue weighted by Gasteiger charge is -2.34. The van der Waals surface area contributed by atoms with Crippen LogP contribution in [0.15, 0.2) is 18.2 Å². The molecule has 43 heavy (non-hydrogen) atoms. The van der Waals surface area contributed by atoms with E-state index in [0.717, 1.165) is 61.7 Å². The Kier molecular flexibility index (Phi) is 9.32. The van der Waals surface area contributed by atoms with Crippen LogP contribution in [0.3, 0.4) is 0 Å². The summed E-state index contributed by atoms with van der Waals surface area (Å²) in [5, 5.41) is 0.649. The summed E-state index contributed by atoms with van der Waals surface area (Å²) in [4.78, 5) is 62.2. The van der Waals surface area contributed by atoms with E-state index in [9.17, 15) is 19.2 Å². The zero-order valence-electron chi connectivity index (χ0n) is 26.0. The van der Waals surface area contributed by atoms with Gasteiger partial charge in [-0.05, 0) is 81.7 Å². The van der Waals surface area contributed by atoms with E-state index in [-0.39, 0.29) is 29.4 Å². The quantitative estimate of drug-likeness (QED) is 0.445. The number of likely N-dealkylation sites (tertiary alicyclic amines) is 3. The molecule has 2 atom stereocenters. The van der Waals surface area contributed by atoms with Crippen LogP contribution in [-0.4, -0.2) is 95.5 Å². The van der Waals surface area contributed by atoms with Crippen LogP contribution in [0.5, 0.6) is 0 Å². The number of rotatable bonds is 8. The third kappa shape index (κ3) is 6.53. The Morgan fingerprint density at radius 3 is 2.16 bits per heavy atom. The molecule has 0 bridgehead atoms. The van der Waals surface area contributed by atoms with E-state index in [1.807, 2.05) is 53.7 Å². The number of amides is 3. The lowest BCUT2D eigenvalue weighted by molar-refractivity contribution is -0.133. The summed E-state index contributed by atoms with van der Waals surface area (Å²) in [5.41, 5.74) is 4.45. The molecule has 0 radical (unpaired) electrons. The molecule has 9 nitrogen and oxygen atoms in total. The van der Waals surface area contributed by atoms with Crippen LogP contribution in [-0.2, 0) is 9.59 Å². The SMILES string of the molecule is CC(=O)c1[nH]c(C)c(C(=O)N2CC3CN(CCCN(C(=O)C4CCN(C(C)=O)CC4)c4ccc(C)c(Cl)c4)CC3C2)c1C. The minimum atomic E-state index is -0.107. The number of hydrogen-bond donors (Lipinski definition) is 1. The summed E-state index contributed by atoms with van der Waals surface area (Å²) in [6.45, 7) is 14.8. The van der Waals surface area contributed by atoms with E-state index >= 15 is 0 Å². The molecule has 1 aromatic carbocycles. The zero-order valence-corrected chi connectivity index (χ0v) is 26.8. The van der Waals surface area contributed by atoms with Gasteiger partial charge in [0.2, 0.25) is 11.8 Å². The van der Waals surface area contributed by atoms with Gasteiger partial charge in [0.25, 0.3) is 5.91 Å². The third-order valence-corrected chi connectivity index (χ3v) is 10.1. The molecule has 5 rings (SSSR count). The number of H-pyrrole nitrogens is 1. The molecule has 2 unspecified atom stereocenters. The summed E-state index contributed by atoms with van der Waals surface area (Å²) in [6, 6.07) is 5.82. The minimum Gasteiger partial charge on any atom is -0.355 e. The van der Waals surface area contributed by atoms with E-state index in [2.05, 4.69) is 9.88 Å². The molecule has 10 heteroatoms. The van der Waals surface area contributed by atoms with E-state index in [4.69, 9.17) is 11.6 Å². The smallest absolute Gasteiger partial charge is 0.255 e. The number of benzene rings is 1. The molecule has 2 aromatic rings. The van der Waals surface area contributed by atoms with Crippen molar-refractivity contribution in [3.05, 3.63) is 51.3 Å². The van der Waals surface area contributed by atoms with Gasteiger partial charge in [-0.3, -0.25) is 19.2 Å². The van der Waals surface area contributed by atoms with Gasteiger partial charge in [0.05, 0.1) is 11.3 Å². The number of aromatic amines is 1. The molecule has 0 saturated carbocycles. The number of carbonyl (C=O) groups is 4. The van der Waals surface area contributed by atoms with E-state index in [0.29, 0.717) is 60.6 Å². The molecular formula is C33H44ClN5O4. The number of Topliss-reactive ketones (excluding diaryl/α,β-unsaturated/α-hetero) is 1. The van der Waals surface area contributed by atoms with Gasteiger partial charge in [-0.1, -0.05) is 17.7 Å². The van der Waals surface area contributed by atoms with Gasteiger partial charge in [0, 0.05) is 82.0 Å². The molecule has 3 amide bonds. The zero-order chi connectivity index (χ0) is 31.0. The van der Waals surface area contributed by atoms with Crippen molar-refractivity contribution in [2.45, 2.75) is 53.9 Å². The second-order valence-corrected chi connectivity index (χ2v) is 13.1. The molecule has 1 N–H and O–H groups in total. The van der Waals surface area contributed by atoms with Gasteiger partial charge >= 0.3 is 0 Å². The van der Waals surface area contributed by atoms with Crippen molar-refractivity contribution in [2.24, 2.45) is 17.8 Å². The van der Waals surface area contributed by atoms with Gasteiger partial charge in [-0.25, -0.2) is 0 Å². The molecular weight excluding hydrogens is 566 g/mol. The first-order chi connectivity index (χ1) is 20.4. The highest BCUT2D eigenvalue weighted by Crippen LogP contribution is 2.34. The number of carbonyl (C=O) groups excluding carboxylic acids is 4. The number of nitrogens with zero attached hydrogens (tertiary/aromatic N) is 4. The summed E-state index contributed by atoms with van der Waals surface area (Å²) in [5.74, 6) is 0.875. The maximum absolute atomic E-state index is 13.8. The monoisotopic (exact) mass is 609 g/mol. The number of nitrogens with one attached hydrogen (secondary N) is 1. The molecule has 232 valence electrons. The Balaban J connectivity index is 1.17. The first kappa shape index (κ1) is 31.3. The predicted octanol–water partition coefficient (Wildman–Crippen LogP) is 4.48. The maximum atomic E-state index is 13.8. The highest BCUT2D eigenvalue weighted by atomic mass is 35.5. The highest BCUT2D eigenvalue weighted by Gasteiger charge is 2.42. The summed E-state index contributed by atoms with van der Waals surface area (Å²) < 4.78 is 0. The van der Waals surface area contributed by atoms with Crippen LogP contribution >= 0.6 is 11.6 Å². The second kappa shape index (κ2) is 12.8. The molecule has 3 saturated heterocycles. The first-order valence-corrected chi connectivity index (χ1v) is 15.9. The average Bonchev–Trinajstić information content (AvgIpc) is 3.63. The van der Waals surface area contributed by atoms with Crippen LogP contribution in [0, 0.1) is 38.5 Å². The van der Waals surface area contributed by atoms with E-state index in [1.54, 1.807) is 6.92 Å². The van der Waals surface area contributed by atoms with Crippen molar-refractivity contribution in [2.75, 3.05) is 57.3 Å². The van der Waals surface area contributed by atoms with Gasteiger partial charge in [0.15, 0.2) is 5.78 Å². The first-order valence-electron chi connectivity index (χ1n) is 15.5. The normalized spacial score (nSPS) is 20.9. The molecule has 3 aliphatic heterocycles. The fourth-order valence-electron chi connectivity index (χ4n) is 7.25. The number of halogens is 1.